The van der Waals surface area contributed by atoms with Crippen molar-refractivity contribution in [2.24, 2.45) is 0 Å². The van der Waals surface area contributed by atoms with Crippen LogP contribution in [0.1, 0.15) is 22.8 Å². The minimum absolute atomic E-state index is 0.117. The number of nitrogens with one attached hydrogen (secondary N) is 1. The van der Waals surface area contributed by atoms with Crippen LogP contribution < -0.4 is 11.1 Å². The Morgan fingerprint density at radius 3 is 2.33 bits per heavy atom. The summed E-state index contributed by atoms with van der Waals surface area (Å²) in [6.45, 7) is 3.02. The molecular weight excluding hydrogens is 318 g/mol. The van der Waals surface area contributed by atoms with Crippen molar-refractivity contribution in [3.8, 4) is 0 Å². The summed E-state index contributed by atoms with van der Waals surface area (Å²) in [5.74, 6) is -3.51. The highest BCUT2D eigenvalue weighted by Gasteiger charge is 2.22. The summed E-state index contributed by atoms with van der Waals surface area (Å²) < 4.78 is 32.1. The van der Waals surface area contributed by atoms with Gasteiger partial charge in [0.15, 0.2) is 6.10 Å². The summed E-state index contributed by atoms with van der Waals surface area (Å²) in [4.78, 5) is 24.1. The average molecular weight is 334 g/mol. The Labute approximate surface area is 137 Å². The molecular formula is C17H16F2N2O3. The maximum atomic E-state index is 13.5. The van der Waals surface area contributed by atoms with Crippen molar-refractivity contribution in [1.29, 1.82) is 0 Å². The van der Waals surface area contributed by atoms with Crippen LogP contribution in [0.25, 0.3) is 0 Å². The number of nitrogen functional groups attached to an aromatic ring is 1. The fourth-order valence-electron chi connectivity index (χ4n) is 1.98. The molecule has 1 amide bonds. The van der Waals surface area contributed by atoms with Crippen LogP contribution in [0.3, 0.4) is 0 Å². The van der Waals surface area contributed by atoms with Crippen LogP contribution in [0.5, 0.6) is 0 Å². The molecule has 0 saturated carbocycles. The third-order valence-corrected chi connectivity index (χ3v) is 3.41. The normalized spacial score (nSPS) is 11.7. The molecule has 0 aliphatic rings. The monoisotopic (exact) mass is 334 g/mol. The van der Waals surface area contributed by atoms with Gasteiger partial charge in [-0.15, -0.1) is 0 Å². The molecule has 1 atom stereocenters. The number of ether oxygens (including phenoxy) is 1. The van der Waals surface area contributed by atoms with Crippen molar-refractivity contribution in [1.82, 2.24) is 0 Å². The van der Waals surface area contributed by atoms with Gasteiger partial charge in [0.2, 0.25) is 0 Å². The molecule has 0 aliphatic carbocycles. The van der Waals surface area contributed by atoms with Gasteiger partial charge in [-0.25, -0.2) is 13.6 Å². The molecule has 0 unspecified atom stereocenters. The molecule has 0 aliphatic heterocycles. The zero-order chi connectivity index (χ0) is 17.9. The smallest absolute Gasteiger partial charge is 0.341 e. The van der Waals surface area contributed by atoms with E-state index in [1.165, 1.54) is 19.1 Å². The molecule has 0 bridgehead atoms. The van der Waals surface area contributed by atoms with Crippen molar-refractivity contribution < 1.29 is 23.1 Å². The van der Waals surface area contributed by atoms with E-state index in [0.29, 0.717) is 5.56 Å². The summed E-state index contributed by atoms with van der Waals surface area (Å²) in [6.07, 6.45) is -1.27. The van der Waals surface area contributed by atoms with Gasteiger partial charge in [0.25, 0.3) is 5.91 Å². The molecule has 126 valence electrons. The highest BCUT2D eigenvalue weighted by atomic mass is 19.1. The minimum atomic E-state index is -1.27. The van der Waals surface area contributed by atoms with Gasteiger partial charge >= 0.3 is 5.97 Å². The van der Waals surface area contributed by atoms with E-state index in [-0.39, 0.29) is 11.3 Å². The largest absolute Gasteiger partial charge is 0.449 e. The summed E-state index contributed by atoms with van der Waals surface area (Å²) >= 11 is 0. The second-order valence-electron chi connectivity index (χ2n) is 5.17. The van der Waals surface area contributed by atoms with E-state index in [1.54, 1.807) is 19.1 Å². The lowest BCUT2D eigenvalue weighted by atomic mass is 10.1. The van der Waals surface area contributed by atoms with Gasteiger partial charge in [-0.1, -0.05) is 18.2 Å². The van der Waals surface area contributed by atoms with E-state index in [4.69, 9.17) is 10.5 Å². The zero-order valence-corrected chi connectivity index (χ0v) is 13.1. The van der Waals surface area contributed by atoms with Gasteiger partial charge in [-0.2, -0.15) is 0 Å². The summed E-state index contributed by atoms with van der Waals surface area (Å²) in [5.41, 5.74) is 6.25. The molecule has 0 aromatic heterocycles. The SMILES string of the molecule is Cc1cccc(C(=O)O[C@@H](C)C(=O)Nc2c(F)cccc2F)c1N. The van der Waals surface area contributed by atoms with Crippen LogP contribution in [-0.2, 0) is 9.53 Å². The maximum Gasteiger partial charge on any atom is 0.341 e. The molecule has 2 aromatic rings. The number of hydrogen-bond donors (Lipinski definition) is 2. The van der Waals surface area contributed by atoms with E-state index in [1.807, 2.05) is 0 Å². The highest BCUT2D eigenvalue weighted by molar-refractivity contribution is 5.99. The second kappa shape index (κ2) is 7.08. The van der Waals surface area contributed by atoms with E-state index in [2.05, 4.69) is 5.32 Å². The van der Waals surface area contributed by atoms with Crippen molar-refractivity contribution in [3.63, 3.8) is 0 Å². The van der Waals surface area contributed by atoms with Crippen molar-refractivity contribution >= 4 is 23.3 Å². The number of carbonyl (C=O) groups is 2. The number of halogens is 2. The van der Waals surface area contributed by atoms with Crippen LogP contribution in [0.2, 0.25) is 0 Å². The van der Waals surface area contributed by atoms with Crippen molar-refractivity contribution in [3.05, 3.63) is 59.2 Å². The number of nitrogens with two attached hydrogens (primary N) is 1. The van der Waals surface area contributed by atoms with E-state index in [0.717, 1.165) is 12.1 Å². The fraction of sp³-hybridized carbons (Fsp3) is 0.176. The lowest BCUT2D eigenvalue weighted by Crippen LogP contribution is -2.31. The van der Waals surface area contributed by atoms with Crippen LogP contribution in [0, 0.1) is 18.6 Å². The Morgan fingerprint density at radius 1 is 1.12 bits per heavy atom. The standard InChI is InChI=1S/C17H16F2N2O3/c1-9-5-3-6-11(14(9)20)17(23)24-10(2)16(22)21-15-12(18)7-4-8-13(15)19/h3-8,10H,20H2,1-2H3,(H,21,22)/t10-/m0/s1. The van der Waals surface area contributed by atoms with Gasteiger partial charge in [-0.05, 0) is 37.6 Å². The topological polar surface area (TPSA) is 81.4 Å². The number of hydrogen-bond acceptors (Lipinski definition) is 4. The molecule has 0 fully saturated rings. The Morgan fingerprint density at radius 2 is 1.71 bits per heavy atom. The first-order chi connectivity index (χ1) is 11.3. The number of aryl methyl sites for hydroxylation is 1. The molecule has 0 heterocycles. The number of para-hydroxylation sites is 2. The fourth-order valence-corrected chi connectivity index (χ4v) is 1.98. The lowest BCUT2D eigenvalue weighted by molar-refractivity contribution is -0.123. The molecule has 0 radical (unpaired) electrons. The molecule has 2 rings (SSSR count). The first-order valence-electron chi connectivity index (χ1n) is 7.12. The highest BCUT2D eigenvalue weighted by Crippen LogP contribution is 2.20. The first-order valence-corrected chi connectivity index (χ1v) is 7.12. The number of amides is 1. The van der Waals surface area contributed by atoms with Crippen LogP contribution in [-0.4, -0.2) is 18.0 Å². The molecule has 2 aromatic carbocycles. The quantitative estimate of drug-likeness (QED) is 0.665. The van der Waals surface area contributed by atoms with Crippen molar-refractivity contribution in [2.75, 3.05) is 11.1 Å². The molecule has 7 heteroatoms. The summed E-state index contributed by atoms with van der Waals surface area (Å²) in [5, 5.41) is 2.06. The Kier molecular flexibility index (Phi) is 5.13. The third-order valence-electron chi connectivity index (χ3n) is 3.41. The number of carbonyl (C=O) groups excluding carboxylic acids is 2. The lowest BCUT2D eigenvalue weighted by Gasteiger charge is -2.15. The van der Waals surface area contributed by atoms with Crippen LogP contribution in [0.4, 0.5) is 20.2 Å². The average Bonchev–Trinajstić information content (AvgIpc) is 2.53. The van der Waals surface area contributed by atoms with Gasteiger partial charge in [-0.3, -0.25) is 4.79 Å². The van der Waals surface area contributed by atoms with Gasteiger partial charge in [0, 0.05) is 5.69 Å². The number of anilines is 2. The summed E-state index contributed by atoms with van der Waals surface area (Å²) in [7, 11) is 0. The second-order valence-corrected chi connectivity index (χ2v) is 5.17. The zero-order valence-electron chi connectivity index (χ0n) is 13.1. The molecule has 24 heavy (non-hydrogen) atoms. The third kappa shape index (κ3) is 3.68. The molecule has 5 nitrogen and oxygen atoms in total. The number of benzene rings is 2. The Balaban J connectivity index is 2.09. The molecule has 0 saturated heterocycles. The van der Waals surface area contributed by atoms with Crippen LogP contribution >= 0.6 is 0 Å². The maximum absolute atomic E-state index is 13.5. The Bertz CT molecular complexity index is 773. The predicted molar refractivity (Wildman–Crippen MR) is 85.5 cm³/mol. The van der Waals surface area contributed by atoms with Gasteiger partial charge < -0.3 is 15.8 Å². The van der Waals surface area contributed by atoms with Crippen molar-refractivity contribution in [2.45, 2.75) is 20.0 Å². The van der Waals surface area contributed by atoms with Gasteiger partial charge in [0.05, 0.1) is 5.56 Å². The molecule has 0 spiro atoms. The van der Waals surface area contributed by atoms with Gasteiger partial charge in [0.1, 0.15) is 17.3 Å². The van der Waals surface area contributed by atoms with Crippen LogP contribution in [0.15, 0.2) is 36.4 Å². The summed E-state index contributed by atoms with van der Waals surface area (Å²) in [6, 6.07) is 7.99. The first kappa shape index (κ1) is 17.4. The Hall–Kier alpha value is -2.96. The molecule has 3 N–H and O–H groups in total. The van der Waals surface area contributed by atoms with E-state index < -0.39 is 35.3 Å². The van der Waals surface area contributed by atoms with E-state index >= 15 is 0 Å². The predicted octanol–water partition coefficient (Wildman–Crippen LogP) is 3.04. The number of esters is 1. The minimum Gasteiger partial charge on any atom is -0.449 e. The number of rotatable bonds is 4. The van der Waals surface area contributed by atoms with E-state index in [9.17, 15) is 18.4 Å².